The molecule has 0 radical (unpaired) electrons. The van der Waals surface area contributed by atoms with E-state index in [1.54, 1.807) is 11.2 Å². The van der Waals surface area contributed by atoms with Crippen molar-refractivity contribution in [3.63, 3.8) is 0 Å². The zero-order chi connectivity index (χ0) is 24.8. The fourth-order valence-corrected chi connectivity index (χ4v) is 4.51. The molecular formula is C24H32FN5O5. The van der Waals surface area contributed by atoms with Gasteiger partial charge in [-0.15, -0.1) is 0 Å². The van der Waals surface area contributed by atoms with Crippen LogP contribution in [0.5, 0.6) is 0 Å². The molecule has 0 aliphatic carbocycles. The van der Waals surface area contributed by atoms with Crippen LogP contribution in [0.2, 0.25) is 0 Å². The number of carbonyl (C=O) groups excluding carboxylic acids is 2. The van der Waals surface area contributed by atoms with E-state index in [1.165, 1.54) is 24.3 Å². The van der Waals surface area contributed by atoms with E-state index in [0.29, 0.717) is 31.5 Å². The summed E-state index contributed by atoms with van der Waals surface area (Å²) in [5.41, 5.74) is 1.37. The highest BCUT2D eigenvalue weighted by Gasteiger charge is 2.40. The Balaban J connectivity index is 1.32. The highest BCUT2D eigenvalue weighted by molar-refractivity contribution is 5.89. The predicted octanol–water partition coefficient (Wildman–Crippen LogP) is 1.45. The molecule has 10 nitrogen and oxygen atoms in total. The predicted molar refractivity (Wildman–Crippen MR) is 125 cm³/mol. The number of aliphatic hydroxyl groups excluding tert-OH is 1. The Labute approximate surface area is 203 Å². The van der Waals surface area contributed by atoms with E-state index in [-0.39, 0.29) is 44.2 Å². The molecule has 2 aromatic rings. The number of nitrogens with one attached hydrogen (secondary N) is 2. The molecule has 4 rings (SSSR count). The summed E-state index contributed by atoms with van der Waals surface area (Å²) in [6.07, 6.45) is 4.14. The Hall–Kier alpha value is -3.02. The van der Waals surface area contributed by atoms with Gasteiger partial charge < -0.3 is 34.7 Å². The van der Waals surface area contributed by atoms with Crippen LogP contribution in [-0.4, -0.2) is 82.2 Å². The number of halogens is 1. The van der Waals surface area contributed by atoms with Gasteiger partial charge in [-0.25, -0.2) is 14.2 Å². The molecule has 2 aliphatic rings. The van der Waals surface area contributed by atoms with Crippen molar-refractivity contribution in [3.05, 3.63) is 48.3 Å². The molecule has 4 atom stereocenters. The van der Waals surface area contributed by atoms with Gasteiger partial charge in [0.1, 0.15) is 11.9 Å². The lowest BCUT2D eigenvalue weighted by Gasteiger charge is -2.44. The zero-order valence-corrected chi connectivity index (χ0v) is 19.7. The third-order valence-electron chi connectivity index (χ3n) is 6.21. The van der Waals surface area contributed by atoms with Crippen LogP contribution in [0.15, 0.2) is 36.8 Å². The average Bonchev–Trinajstić information content (AvgIpc) is 3.23. The lowest BCUT2D eigenvalue weighted by Crippen LogP contribution is -2.58. The van der Waals surface area contributed by atoms with E-state index in [1.807, 2.05) is 17.8 Å². The number of benzene rings is 1. The topological polar surface area (TPSA) is 118 Å². The molecule has 2 saturated heterocycles. The molecule has 0 spiro atoms. The van der Waals surface area contributed by atoms with Gasteiger partial charge in [0.15, 0.2) is 0 Å². The minimum Gasteiger partial charge on any atom is -0.389 e. The molecule has 11 heteroatoms. The van der Waals surface area contributed by atoms with Gasteiger partial charge in [-0.3, -0.25) is 4.79 Å². The first kappa shape index (κ1) is 25.1. The van der Waals surface area contributed by atoms with E-state index in [2.05, 4.69) is 15.6 Å². The van der Waals surface area contributed by atoms with Crippen molar-refractivity contribution in [2.75, 3.05) is 31.6 Å². The van der Waals surface area contributed by atoms with E-state index in [9.17, 15) is 19.1 Å². The van der Waals surface area contributed by atoms with Crippen LogP contribution in [0, 0.1) is 5.82 Å². The zero-order valence-electron chi connectivity index (χ0n) is 19.7. The molecule has 35 heavy (non-hydrogen) atoms. The summed E-state index contributed by atoms with van der Waals surface area (Å²) in [5, 5.41) is 15.9. The monoisotopic (exact) mass is 489 g/mol. The van der Waals surface area contributed by atoms with Crippen LogP contribution >= 0.6 is 0 Å². The number of hydrogen-bond acceptors (Lipinski definition) is 6. The van der Waals surface area contributed by atoms with Crippen LogP contribution in [0.4, 0.5) is 14.9 Å². The van der Waals surface area contributed by atoms with Crippen LogP contribution < -0.4 is 10.6 Å². The second kappa shape index (κ2) is 11.6. The molecule has 3 heterocycles. The molecule has 0 bridgehead atoms. The highest BCUT2D eigenvalue weighted by Crippen LogP contribution is 2.28. The highest BCUT2D eigenvalue weighted by atomic mass is 19.1. The maximum absolute atomic E-state index is 13.2. The Morgan fingerprint density at radius 2 is 2.03 bits per heavy atom. The number of nitrogens with zero attached hydrogens (tertiary/aromatic N) is 3. The Kier molecular flexibility index (Phi) is 8.32. The summed E-state index contributed by atoms with van der Waals surface area (Å²) < 4.78 is 26.9. The van der Waals surface area contributed by atoms with Gasteiger partial charge in [-0.2, -0.15) is 0 Å². The molecule has 2 fully saturated rings. The summed E-state index contributed by atoms with van der Waals surface area (Å²) in [4.78, 5) is 31.3. The molecule has 2 aliphatic heterocycles. The number of fused-ring (bicyclic) bond motifs is 1. The number of rotatable bonds is 6. The Bertz CT molecular complexity index is 1000. The van der Waals surface area contributed by atoms with Crippen LogP contribution in [-0.2, 0) is 27.7 Å². The van der Waals surface area contributed by atoms with Crippen LogP contribution in [0.1, 0.15) is 25.0 Å². The summed E-state index contributed by atoms with van der Waals surface area (Å²) in [6, 6.07) is 4.77. The minimum absolute atomic E-state index is 0.0750. The second-order valence-corrected chi connectivity index (χ2v) is 9.06. The smallest absolute Gasteiger partial charge is 0.322 e. The maximum atomic E-state index is 13.2. The lowest BCUT2D eigenvalue weighted by molar-refractivity contribution is -0.149. The quantitative estimate of drug-likeness (QED) is 0.565. The van der Waals surface area contributed by atoms with Gasteiger partial charge >= 0.3 is 6.03 Å². The molecule has 3 N–H and O–H groups in total. The van der Waals surface area contributed by atoms with Gasteiger partial charge in [0.2, 0.25) is 5.91 Å². The number of amides is 3. The van der Waals surface area contributed by atoms with Gasteiger partial charge in [0.25, 0.3) is 0 Å². The molecule has 1 aromatic heterocycles. The number of hydrogen-bond donors (Lipinski definition) is 3. The number of urea groups is 1. The average molecular weight is 490 g/mol. The van der Waals surface area contributed by atoms with Gasteiger partial charge in [-0.05, 0) is 37.1 Å². The molecule has 1 aromatic carbocycles. The molecule has 0 saturated carbocycles. The largest absolute Gasteiger partial charge is 0.389 e. The lowest BCUT2D eigenvalue weighted by atomic mass is 9.95. The van der Waals surface area contributed by atoms with Crippen molar-refractivity contribution in [1.82, 2.24) is 19.8 Å². The SMILES string of the molecule is Cn1cnc(CCNC(=O)C[C@H]2CC[C@@H]3[C@H](COC[C@H](O)CN3C(=O)Nc3ccc(F)cc3)O2)c1. The Morgan fingerprint density at radius 1 is 1.23 bits per heavy atom. The normalized spacial score (nSPS) is 24.7. The van der Waals surface area contributed by atoms with E-state index in [4.69, 9.17) is 9.47 Å². The standard InChI is InChI=1S/C24H32FN5O5/c1-29-11-18(27-15-29)8-9-26-23(32)10-20-6-7-21-22(35-20)14-34-13-19(31)12-30(21)24(33)28-17-4-2-16(25)3-5-17/h2-5,11,15,19-22,31H,6-10,12-14H2,1H3,(H,26,32)(H,28,33)/t19-,20-,21-,22+/m1/s1. The molecular weight excluding hydrogens is 457 g/mol. The number of aryl methyl sites for hydroxylation is 1. The number of carbonyl (C=O) groups is 2. The van der Waals surface area contributed by atoms with Gasteiger partial charge in [-0.1, -0.05) is 0 Å². The van der Waals surface area contributed by atoms with Crippen molar-refractivity contribution in [3.8, 4) is 0 Å². The van der Waals surface area contributed by atoms with Gasteiger partial charge in [0, 0.05) is 31.9 Å². The summed E-state index contributed by atoms with van der Waals surface area (Å²) in [6.45, 7) is 0.856. The van der Waals surface area contributed by atoms with Crippen molar-refractivity contribution in [2.45, 2.75) is 50.0 Å². The van der Waals surface area contributed by atoms with Gasteiger partial charge in [0.05, 0.1) is 56.5 Å². The number of anilines is 1. The summed E-state index contributed by atoms with van der Waals surface area (Å²) in [5.74, 6) is -0.494. The van der Waals surface area contributed by atoms with Crippen LogP contribution in [0.3, 0.4) is 0 Å². The van der Waals surface area contributed by atoms with E-state index >= 15 is 0 Å². The third-order valence-corrected chi connectivity index (χ3v) is 6.21. The maximum Gasteiger partial charge on any atom is 0.322 e. The first-order chi connectivity index (χ1) is 16.9. The summed E-state index contributed by atoms with van der Waals surface area (Å²) in [7, 11) is 1.90. The van der Waals surface area contributed by atoms with E-state index in [0.717, 1.165) is 5.69 Å². The molecule has 190 valence electrons. The Morgan fingerprint density at radius 3 is 2.77 bits per heavy atom. The number of β-amino-alcohol motifs (C(OH)–C–C–N with tert-alkyl or cyclic N) is 1. The second-order valence-electron chi connectivity index (χ2n) is 9.06. The van der Waals surface area contributed by atoms with Crippen molar-refractivity contribution in [2.24, 2.45) is 7.05 Å². The first-order valence-corrected chi connectivity index (χ1v) is 11.9. The molecule has 3 amide bonds. The van der Waals surface area contributed by atoms with Crippen molar-refractivity contribution < 1.29 is 28.6 Å². The molecule has 0 unspecified atom stereocenters. The van der Waals surface area contributed by atoms with Crippen molar-refractivity contribution in [1.29, 1.82) is 0 Å². The minimum atomic E-state index is -0.836. The number of imidazole rings is 1. The number of aliphatic hydroxyl groups is 1. The number of ether oxygens (including phenoxy) is 2. The van der Waals surface area contributed by atoms with E-state index < -0.39 is 24.1 Å². The van der Waals surface area contributed by atoms with Crippen LogP contribution in [0.25, 0.3) is 0 Å². The number of aromatic nitrogens is 2. The third kappa shape index (κ3) is 7.00. The first-order valence-electron chi connectivity index (χ1n) is 11.9. The fourth-order valence-electron chi connectivity index (χ4n) is 4.51. The summed E-state index contributed by atoms with van der Waals surface area (Å²) >= 11 is 0. The fraction of sp³-hybridized carbons (Fsp3) is 0.542. The van der Waals surface area contributed by atoms with Crippen molar-refractivity contribution >= 4 is 17.6 Å².